The number of rotatable bonds is 6. The molecule has 0 amide bonds. The topological polar surface area (TPSA) is 88.1 Å². The van der Waals surface area contributed by atoms with Crippen molar-refractivity contribution in [3.8, 4) is 0 Å². The van der Waals surface area contributed by atoms with Crippen LogP contribution in [0.1, 0.15) is 5.56 Å². The zero-order chi connectivity index (χ0) is 23.1. The lowest BCUT2D eigenvalue weighted by Crippen LogP contribution is -2.68. The van der Waals surface area contributed by atoms with Gasteiger partial charge in [0.1, 0.15) is 0 Å². The highest BCUT2D eigenvalue weighted by molar-refractivity contribution is 6.53. The first-order chi connectivity index (χ1) is 15.1. The van der Waals surface area contributed by atoms with E-state index < -0.39 is 16.2 Å². The van der Waals surface area contributed by atoms with Crippen LogP contribution in [0.5, 0.6) is 0 Å². The number of H-pyrrole nitrogens is 1. The molecule has 0 atom stereocenters. The minimum absolute atomic E-state index is 0.0450. The summed E-state index contributed by atoms with van der Waals surface area (Å²) >= 11 is 12.0. The molecule has 3 aromatic rings. The molecule has 1 aliphatic heterocycles. The van der Waals surface area contributed by atoms with Crippen molar-refractivity contribution < 1.29 is 4.74 Å². The van der Waals surface area contributed by atoms with E-state index in [0.717, 1.165) is 5.56 Å². The van der Waals surface area contributed by atoms with Gasteiger partial charge in [0.2, 0.25) is 5.95 Å². The Balaban J connectivity index is 1.62. The largest absolute Gasteiger partial charge is 0.379 e. The van der Waals surface area contributed by atoms with Gasteiger partial charge in [-0.1, -0.05) is 29.3 Å². The number of morpholine rings is 1. The van der Waals surface area contributed by atoms with Crippen LogP contribution < -0.4 is 10.9 Å². The molecular formula is C18H16B4Cl2N6O2. The highest BCUT2D eigenvalue weighted by Gasteiger charge is 2.42. The fourth-order valence-corrected chi connectivity index (χ4v) is 3.83. The number of ether oxygens (including phenoxy) is 1. The molecule has 1 saturated heterocycles. The Morgan fingerprint density at radius 3 is 2.53 bits per heavy atom. The van der Waals surface area contributed by atoms with Gasteiger partial charge >= 0.3 is 0 Å². The summed E-state index contributed by atoms with van der Waals surface area (Å²) < 4.78 is 6.57. The Bertz CT molecular complexity index is 1200. The fourth-order valence-electron chi connectivity index (χ4n) is 3.51. The quantitative estimate of drug-likeness (QED) is 0.513. The number of benzene rings is 1. The molecule has 0 bridgehead atoms. The lowest BCUT2D eigenvalue weighted by molar-refractivity contribution is 0.0154. The van der Waals surface area contributed by atoms with Crippen LogP contribution in [0.25, 0.3) is 11.2 Å². The third-order valence-electron chi connectivity index (χ3n) is 5.43. The summed E-state index contributed by atoms with van der Waals surface area (Å²) in [6, 6.07) is 5.20. The van der Waals surface area contributed by atoms with Crippen LogP contribution in [-0.2, 0) is 16.6 Å². The van der Waals surface area contributed by atoms with Crippen molar-refractivity contribution in [3.05, 3.63) is 50.5 Å². The van der Waals surface area contributed by atoms with Gasteiger partial charge in [-0.15, -0.1) is 0 Å². The molecule has 1 fully saturated rings. The van der Waals surface area contributed by atoms with Crippen molar-refractivity contribution in [2.45, 2.75) is 17.2 Å². The van der Waals surface area contributed by atoms with E-state index in [1.54, 1.807) is 23.1 Å². The zero-order valence-corrected chi connectivity index (χ0v) is 18.5. The number of hydrogen-bond acceptors (Lipinski definition) is 6. The van der Waals surface area contributed by atoms with Gasteiger partial charge in [0.15, 0.2) is 11.2 Å². The van der Waals surface area contributed by atoms with E-state index in [-0.39, 0.29) is 17.1 Å². The van der Waals surface area contributed by atoms with Gasteiger partial charge in [0.25, 0.3) is 5.56 Å². The van der Waals surface area contributed by atoms with Crippen molar-refractivity contribution >= 4 is 71.7 Å². The Morgan fingerprint density at radius 1 is 1.12 bits per heavy atom. The summed E-state index contributed by atoms with van der Waals surface area (Å²) in [4.78, 5) is 25.8. The Labute approximate surface area is 200 Å². The first kappa shape index (κ1) is 23.3. The van der Waals surface area contributed by atoms with Crippen molar-refractivity contribution in [2.24, 2.45) is 0 Å². The molecule has 8 radical (unpaired) electrons. The van der Waals surface area contributed by atoms with Crippen molar-refractivity contribution in [3.63, 3.8) is 0 Å². The number of fused-ring (bicyclic) bond motifs is 1. The number of halogens is 2. The molecule has 2 aromatic heterocycles. The molecule has 8 nitrogen and oxygen atoms in total. The van der Waals surface area contributed by atoms with Crippen LogP contribution in [0.3, 0.4) is 0 Å². The highest BCUT2D eigenvalue weighted by atomic mass is 35.5. The predicted molar refractivity (Wildman–Crippen MR) is 128 cm³/mol. The van der Waals surface area contributed by atoms with E-state index in [1.807, 2.05) is 0 Å². The van der Waals surface area contributed by atoms with Crippen LogP contribution in [0, 0.1) is 0 Å². The van der Waals surface area contributed by atoms with Gasteiger partial charge < -0.3 is 19.5 Å². The predicted octanol–water partition coefficient (Wildman–Crippen LogP) is 0.309. The van der Waals surface area contributed by atoms with Gasteiger partial charge in [-0.2, -0.15) is 4.98 Å². The average Bonchev–Trinajstić information content (AvgIpc) is 3.20. The van der Waals surface area contributed by atoms with Crippen LogP contribution >= 0.6 is 23.2 Å². The van der Waals surface area contributed by atoms with Gasteiger partial charge in [-0.05, 0) is 28.4 Å². The van der Waals surface area contributed by atoms with E-state index in [1.165, 1.54) is 10.9 Å². The average molecular weight is 463 g/mol. The summed E-state index contributed by atoms with van der Waals surface area (Å²) in [6.45, 7) is 2.09. The molecule has 2 N–H and O–H groups in total. The smallest absolute Gasteiger partial charge is 0.278 e. The standard InChI is InChI=1S/C18H16B4Cl2N6O2/c19-17(20,29-3-5-32-6-4-29)18(21,22)30-9-26-14-13(30)15(31)28-16(27-14)25-8-10-1-2-11(23)12(24)7-10/h1-2,7,9H,3-6,8H2,(H2,25,27,28,31). The lowest BCUT2D eigenvalue weighted by Gasteiger charge is -2.53. The number of hydrogen-bond donors (Lipinski definition) is 2. The molecular weight excluding hydrogens is 446 g/mol. The van der Waals surface area contributed by atoms with Crippen LogP contribution in [-0.4, -0.2) is 87.4 Å². The molecule has 3 heterocycles. The second kappa shape index (κ2) is 8.82. The highest BCUT2D eigenvalue weighted by Crippen LogP contribution is 2.28. The molecule has 0 aliphatic carbocycles. The first-order valence-electron chi connectivity index (χ1n) is 9.75. The molecule has 32 heavy (non-hydrogen) atoms. The molecule has 0 spiro atoms. The monoisotopic (exact) mass is 462 g/mol. The second-order valence-corrected chi connectivity index (χ2v) is 8.37. The Kier molecular flexibility index (Phi) is 6.42. The maximum atomic E-state index is 12.9. The summed E-state index contributed by atoms with van der Waals surface area (Å²) in [7, 11) is 25.4. The van der Waals surface area contributed by atoms with Crippen LogP contribution in [0.4, 0.5) is 5.95 Å². The van der Waals surface area contributed by atoms with E-state index in [2.05, 4.69) is 20.3 Å². The Morgan fingerprint density at radius 2 is 1.84 bits per heavy atom. The summed E-state index contributed by atoms with van der Waals surface area (Å²) in [5, 5.41) is 0.334. The molecule has 1 aliphatic rings. The number of nitrogens with zero attached hydrogens (tertiary/aromatic N) is 4. The fraction of sp³-hybridized carbons (Fsp3) is 0.389. The maximum absolute atomic E-state index is 12.9. The summed E-state index contributed by atoms with van der Waals surface area (Å²) in [5.41, 5.74) is 0.506. The van der Waals surface area contributed by atoms with Crippen molar-refractivity contribution in [1.29, 1.82) is 0 Å². The number of imidazole rings is 1. The minimum Gasteiger partial charge on any atom is -0.379 e. The van der Waals surface area contributed by atoms with Crippen molar-refractivity contribution in [1.82, 2.24) is 24.4 Å². The van der Waals surface area contributed by atoms with Gasteiger partial charge in [-0.25, -0.2) is 4.98 Å². The van der Waals surface area contributed by atoms with E-state index in [4.69, 9.17) is 59.3 Å². The van der Waals surface area contributed by atoms with Crippen LogP contribution in [0.15, 0.2) is 29.3 Å². The number of aromatic nitrogens is 4. The van der Waals surface area contributed by atoms with E-state index in [0.29, 0.717) is 42.9 Å². The zero-order valence-electron chi connectivity index (χ0n) is 17.0. The third-order valence-corrected chi connectivity index (χ3v) is 6.17. The summed E-state index contributed by atoms with van der Waals surface area (Å²) in [5.74, 6) is 0.207. The van der Waals surface area contributed by atoms with E-state index in [9.17, 15) is 4.79 Å². The first-order valence-corrected chi connectivity index (χ1v) is 10.5. The normalized spacial score (nSPS) is 15.8. The van der Waals surface area contributed by atoms with Gasteiger partial charge in [0, 0.05) is 19.6 Å². The maximum Gasteiger partial charge on any atom is 0.278 e. The number of aromatic amines is 1. The molecule has 156 valence electrons. The minimum atomic E-state index is -1.87. The third kappa shape index (κ3) is 4.21. The molecule has 4 rings (SSSR count). The second-order valence-electron chi connectivity index (χ2n) is 7.55. The van der Waals surface area contributed by atoms with E-state index >= 15 is 0 Å². The molecule has 1 aromatic carbocycles. The Hall–Kier alpha value is -1.87. The van der Waals surface area contributed by atoms with Crippen molar-refractivity contribution in [2.75, 3.05) is 31.6 Å². The number of anilines is 1. The molecule has 0 saturated carbocycles. The molecule has 14 heteroatoms. The van der Waals surface area contributed by atoms with Gasteiger partial charge in [0.05, 0.1) is 61.0 Å². The van der Waals surface area contributed by atoms with Gasteiger partial charge in [-0.3, -0.25) is 9.78 Å². The number of nitrogens with one attached hydrogen (secondary N) is 2. The summed E-state index contributed by atoms with van der Waals surface area (Å²) in [6.07, 6.45) is 1.30. The SMILES string of the molecule is [B]C([B])(N1CCOCC1)C([B])([B])n1cnc2nc(NCc3ccc(Cl)c(Cl)c3)[nH]c(=O)c21. The van der Waals surface area contributed by atoms with Crippen LogP contribution in [0.2, 0.25) is 10.0 Å². The molecule has 0 unspecified atom stereocenters. The lowest BCUT2D eigenvalue weighted by atomic mass is 9.37.